The van der Waals surface area contributed by atoms with Gasteiger partial charge in [0.05, 0.1) is 6.61 Å². The molecule has 0 heterocycles. The third-order valence-corrected chi connectivity index (χ3v) is 4.21. The highest BCUT2D eigenvalue weighted by Crippen LogP contribution is 2.21. The normalized spacial score (nSPS) is 14.7. The van der Waals surface area contributed by atoms with Crippen molar-refractivity contribution in [2.45, 2.75) is 36.7 Å². The molecule has 1 saturated carbocycles. The van der Waals surface area contributed by atoms with Crippen LogP contribution in [0.4, 0.5) is 0 Å². The smallest absolute Gasteiger partial charge is 0.0560 e. The van der Waals surface area contributed by atoms with Crippen LogP contribution in [-0.2, 0) is 16.0 Å². The summed E-state index contributed by atoms with van der Waals surface area (Å²) in [5.74, 6) is 1.01. The van der Waals surface area contributed by atoms with Crippen LogP contribution < -0.4 is 5.32 Å². The molecule has 4 heteroatoms. The van der Waals surface area contributed by atoms with Crippen LogP contribution >= 0.6 is 11.8 Å². The second-order valence-electron chi connectivity index (χ2n) is 5.11. The van der Waals surface area contributed by atoms with E-state index in [2.05, 4.69) is 29.6 Å². The van der Waals surface area contributed by atoms with Gasteiger partial charge < -0.3 is 14.8 Å². The summed E-state index contributed by atoms with van der Waals surface area (Å²) in [5.41, 5.74) is 1.37. The number of hydrogen-bond donors (Lipinski definition) is 1. The first-order chi connectivity index (χ1) is 9.88. The molecule has 0 bridgehead atoms. The molecule has 0 spiro atoms. The number of hydrogen-bond acceptors (Lipinski definition) is 4. The predicted octanol–water partition coefficient (Wildman–Crippen LogP) is 3.08. The summed E-state index contributed by atoms with van der Waals surface area (Å²) in [6.07, 6.45) is 3.67. The van der Waals surface area contributed by atoms with Crippen LogP contribution in [-0.4, -0.2) is 38.7 Å². The third kappa shape index (κ3) is 6.75. The molecule has 1 fully saturated rings. The molecule has 1 aliphatic carbocycles. The van der Waals surface area contributed by atoms with Crippen LogP contribution in [0.2, 0.25) is 0 Å². The molecule has 0 aromatic heterocycles. The largest absolute Gasteiger partial charge is 0.385 e. The van der Waals surface area contributed by atoms with Crippen molar-refractivity contribution in [2.24, 2.45) is 0 Å². The van der Waals surface area contributed by atoms with E-state index in [1.54, 1.807) is 7.11 Å². The molecular formula is C16H25NO2S. The van der Waals surface area contributed by atoms with E-state index < -0.39 is 0 Å². The fraction of sp³-hybridized carbons (Fsp3) is 0.625. The molecule has 2 rings (SSSR count). The van der Waals surface area contributed by atoms with E-state index in [9.17, 15) is 0 Å². The standard InChI is InChI=1S/C16H25NO2S/c1-18-9-2-10-19-11-12-20-16-7-3-14(4-8-16)13-17-15-5-6-15/h3-4,7-8,15,17H,2,5-6,9-13H2,1H3. The molecule has 1 aromatic rings. The van der Waals surface area contributed by atoms with Crippen molar-refractivity contribution in [3.63, 3.8) is 0 Å². The van der Waals surface area contributed by atoms with Crippen molar-refractivity contribution >= 4 is 11.8 Å². The first kappa shape index (κ1) is 15.8. The Morgan fingerprint density at radius 2 is 1.95 bits per heavy atom. The Morgan fingerprint density at radius 1 is 1.15 bits per heavy atom. The van der Waals surface area contributed by atoms with Gasteiger partial charge in [0.2, 0.25) is 0 Å². The highest BCUT2D eigenvalue weighted by Gasteiger charge is 2.19. The van der Waals surface area contributed by atoms with Gasteiger partial charge in [0.1, 0.15) is 0 Å². The fourth-order valence-corrected chi connectivity index (χ4v) is 2.64. The van der Waals surface area contributed by atoms with Crippen LogP contribution in [0.25, 0.3) is 0 Å². The highest BCUT2D eigenvalue weighted by atomic mass is 32.2. The summed E-state index contributed by atoms with van der Waals surface area (Å²) in [4.78, 5) is 1.32. The van der Waals surface area contributed by atoms with E-state index >= 15 is 0 Å². The van der Waals surface area contributed by atoms with Crippen LogP contribution in [0.1, 0.15) is 24.8 Å². The van der Waals surface area contributed by atoms with E-state index in [1.165, 1.54) is 23.3 Å². The average molecular weight is 295 g/mol. The molecule has 0 saturated heterocycles. The number of ether oxygens (including phenoxy) is 2. The molecule has 112 valence electrons. The molecule has 0 atom stereocenters. The third-order valence-electron chi connectivity index (χ3n) is 3.23. The lowest BCUT2D eigenvalue weighted by Gasteiger charge is -2.06. The number of rotatable bonds is 11. The molecule has 0 unspecified atom stereocenters. The zero-order chi connectivity index (χ0) is 14.0. The van der Waals surface area contributed by atoms with Crippen molar-refractivity contribution in [3.8, 4) is 0 Å². The second-order valence-corrected chi connectivity index (χ2v) is 6.27. The quantitative estimate of drug-likeness (QED) is 0.502. The molecule has 0 radical (unpaired) electrons. The van der Waals surface area contributed by atoms with Crippen LogP contribution in [0.15, 0.2) is 29.2 Å². The number of thioether (sulfide) groups is 1. The molecule has 1 aromatic carbocycles. The van der Waals surface area contributed by atoms with Gasteiger partial charge in [-0.15, -0.1) is 11.8 Å². The topological polar surface area (TPSA) is 30.5 Å². The number of nitrogens with one attached hydrogen (secondary N) is 1. The molecular weight excluding hydrogens is 270 g/mol. The molecule has 1 aliphatic rings. The second kappa shape index (κ2) is 9.40. The monoisotopic (exact) mass is 295 g/mol. The van der Waals surface area contributed by atoms with Gasteiger partial charge in [-0.3, -0.25) is 0 Å². The Bertz CT molecular complexity index is 365. The predicted molar refractivity (Wildman–Crippen MR) is 84.3 cm³/mol. The minimum atomic E-state index is 0.777. The average Bonchev–Trinajstić information content (AvgIpc) is 3.30. The van der Waals surface area contributed by atoms with E-state index in [0.29, 0.717) is 0 Å². The van der Waals surface area contributed by atoms with Gasteiger partial charge in [0, 0.05) is 43.6 Å². The van der Waals surface area contributed by atoms with Crippen molar-refractivity contribution in [1.82, 2.24) is 5.32 Å². The molecule has 0 aliphatic heterocycles. The molecule has 3 nitrogen and oxygen atoms in total. The lowest BCUT2D eigenvalue weighted by atomic mass is 10.2. The number of methoxy groups -OCH3 is 1. The zero-order valence-corrected chi connectivity index (χ0v) is 13.1. The maximum atomic E-state index is 5.54. The van der Waals surface area contributed by atoms with E-state index in [1.807, 2.05) is 11.8 Å². The van der Waals surface area contributed by atoms with Gasteiger partial charge in [-0.1, -0.05) is 12.1 Å². The van der Waals surface area contributed by atoms with Crippen molar-refractivity contribution in [1.29, 1.82) is 0 Å². The van der Waals surface area contributed by atoms with E-state index in [-0.39, 0.29) is 0 Å². The summed E-state index contributed by atoms with van der Waals surface area (Å²) in [6, 6.07) is 9.63. The Morgan fingerprint density at radius 3 is 2.65 bits per heavy atom. The Balaban J connectivity index is 1.53. The SMILES string of the molecule is COCCCOCCSc1ccc(CNC2CC2)cc1. The summed E-state index contributed by atoms with van der Waals surface area (Å²) in [6.45, 7) is 3.38. The zero-order valence-electron chi connectivity index (χ0n) is 12.3. The maximum Gasteiger partial charge on any atom is 0.0560 e. The summed E-state index contributed by atoms with van der Waals surface area (Å²) < 4.78 is 10.5. The van der Waals surface area contributed by atoms with Gasteiger partial charge in [0.15, 0.2) is 0 Å². The molecule has 0 amide bonds. The van der Waals surface area contributed by atoms with Crippen molar-refractivity contribution in [2.75, 3.05) is 32.7 Å². The molecule has 1 N–H and O–H groups in total. The lowest BCUT2D eigenvalue weighted by molar-refractivity contribution is 0.113. The minimum Gasteiger partial charge on any atom is -0.385 e. The maximum absolute atomic E-state index is 5.54. The summed E-state index contributed by atoms with van der Waals surface area (Å²) in [7, 11) is 1.72. The Labute approximate surface area is 126 Å². The summed E-state index contributed by atoms with van der Waals surface area (Å²) >= 11 is 1.85. The highest BCUT2D eigenvalue weighted by molar-refractivity contribution is 7.99. The van der Waals surface area contributed by atoms with Gasteiger partial charge in [-0.25, -0.2) is 0 Å². The van der Waals surface area contributed by atoms with Crippen LogP contribution in [0.5, 0.6) is 0 Å². The number of benzene rings is 1. The van der Waals surface area contributed by atoms with Gasteiger partial charge in [0.25, 0.3) is 0 Å². The fourth-order valence-electron chi connectivity index (χ4n) is 1.88. The van der Waals surface area contributed by atoms with Gasteiger partial charge in [-0.2, -0.15) is 0 Å². The van der Waals surface area contributed by atoms with Gasteiger partial charge in [-0.05, 0) is 37.0 Å². The Hall–Kier alpha value is -0.550. The van der Waals surface area contributed by atoms with Crippen molar-refractivity contribution in [3.05, 3.63) is 29.8 Å². The van der Waals surface area contributed by atoms with E-state index in [4.69, 9.17) is 9.47 Å². The minimum absolute atomic E-state index is 0.777. The summed E-state index contributed by atoms with van der Waals surface area (Å²) in [5, 5.41) is 3.53. The molecule has 20 heavy (non-hydrogen) atoms. The Kier molecular flexibility index (Phi) is 7.44. The first-order valence-corrected chi connectivity index (χ1v) is 8.39. The van der Waals surface area contributed by atoms with Crippen molar-refractivity contribution < 1.29 is 9.47 Å². The van der Waals surface area contributed by atoms with Crippen LogP contribution in [0, 0.1) is 0 Å². The van der Waals surface area contributed by atoms with E-state index in [0.717, 1.165) is 44.6 Å². The van der Waals surface area contributed by atoms with Crippen LogP contribution in [0.3, 0.4) is 0 Å². The van der Waals surface area contributed by atoms with Gasteiger partial charge >= 0.3 is 0 Å². The lowest BCUT2D eigenvalue weighted by Crippen LogP contribution is -2.14. The first-order valence-electron chi connectivity index (χ1n) is 7.40.